The Morgan fingerprint density at radius 2 is 1.81 bits per heavy atom. The van der Waals surface area contributed by atoms with Gasteiger partial charge in [0, 0.05) is 5.56 Å². The number of hydrogen-bond donors (Lipinski definition) is 2. The van der Waals surface area contributed by atoms with E-state index in [1.165, 1.54) is 4.90 Å². The van der Waals surface area contributed by atoms with E-state index in [4.69, 9.17) is 23.2 Å². The predicted molar refractivity (Wildman–Crippen MR) is 95.0 cm³/mol. The van der Waals surface area contributed by atoms with Gasteiger partial charge in [0.1, 0.15) is 10.3 Å². The van der Waals surface area contributed by atoms with Crippen LogP contribution < -0.4 is 15.5 Å². The van der Waals surface area contributed by atoms with Crippen LogP contribution in [0.25, 0.3) is 0 Å². The van der Waals surface area contributed by atoms with E-state index in [-0.39, 0.29) is 16.9 Å². The Hall–Kier alpha value is -2.64. The van der Waals surface area contributed by atoms with Crippen LogP contribution in [0.15, 0.2) is 30.3 Å². The zero-order valence-corrected chi connectivity index (χ0v) is 15.0. The summed E-state index contributed by atoms with van der Waals surface area (Å²) in [5, 5.41) is 5.05. The molecule has 1 aromatic carbocycles. The van der Waals surface area contributed by atoms with E-state index < -0.39 is 23.4 Å². The normalized spacial score (nSPS) is 21.2. The van der Waals surface area contributed by atoms with Crippen molar-refractivity contribution < 1.29 is 14.4 Å². The Bertz CT molecular complexity index is 974. The Morgan fingerprint density at radius 1 is 1.12 bits per heavy atom. The van der Waals surface area contributed by atoms with Crippen LogP contribution in [-0.2, 0) is 21.7 Å². The number of imide groups is 1. The second-order valence-corrected chi connectivity index (χ2v) is 6.97. The molecule has 2 aliphatic rings. The minimum atomic E-state index is -1.75. The number of fused-ring (bicyclic) bond motifs is 2. The van der Waals surface area contributed by atoms with E-state index in [0.29, 0.717) is 16.8 Å². The predicted octanol–water partition coefficient (Wildman–Crippen LogP) is 2.28. The molecule has 2 aromatic rings. The molecule has 2 aliphatic heterocycles. The third kappa shape index (κ3) is 2.35. The van der Waals surface area contributed by atoms with Gasteiger partial charge in [-0.25, -0.2) is 9.78 Å². The van der Waals surface area contributed by atoms with E-state index in [1.807, 2.05) is 13.0 Å². The number of aryl methyl sites for hydroxylation is 1. The lowest BCUT2D eigenvalue weighted by Gasteiger charge is -2.21. The van der Waals surface area contributed by atoms with Crippen LogP contribution >= 0.6 is 23.2 Å². The van der Waals surface area contributed by atoms with Crippen molar-refractivity contribution in [3.8, 4) is 0 Å². The van der Waals surface area contributed by atoms with Crippen LogP contribution in [0.1, 0.15) is 16.7 Å². The molecule has 0 bridgehead atoms. The van der Waals surface area contributed by atoms with Crippen LogP contribution in [0.5, 0.6) is 0 Å². The van der Waals surface area contributed by atoms with Crippen molar-refractivity contribution in [3.63, 3.8) is 0 Å². The van der Waals surface area contributed by atoms with Gasteiger partial charge in [-0.05, 0) is 30.7 Å². The van der Waals surface area contributed by atoms with Gasteiger partial charge in [-0.15, -0.1) is 0 Å². The maximum absolute atomic E-state index is 13.2. The van der Waals surface area contributed by atoms with E-state index in [2.05, 4.69) is 15.6 Å². The number of rotatable bonds is 2. The van der Waals surface area contributed by atoms with Crippen molar-refractivity contribution >= 4 is 46.7 Å². The molecular formula is C17H12Cl2N4O3. The van der Waals surface area contributed by atoms with Gasteiger partial charge in [0.15, 0.2) is 0 Å². The fourth-order valence-electron chi connectivity index (χ4n) is 3.35. The third-order valence-corrected chi connectivity index (χ3v) is 4.83. The molecule has 4 amide bonds. The van der Waals surface area contributed by atoms with Gasteiger partial charge < -0.3 is 10.2 Å². The second-order valence-electron chi connectivity index (χ2n) is 6.19. The largest absolute Gasteiger partial charge is 0.323 e. The Balaban J connectivity index is 1.84. The quantitative estimate of drug-likeness (QED) is 0.467. The van der Waals surface area contributed by atoms with E-state index in [1.54, 1.807) is 24.3 Å². The molecule has 1 saturated heterocycles. The molecule has 1 unspecified atom stereocenters. The van der Waals surface area contributed by atoms with Crippen molar-refractivity contribution in [2.45, 2.75) is 19.0 Å². The number of carbonyl (C=O) groups excluding carboxylic acids is 3. The molecule has 1 spiro atoms. The highest BCUT2D eigenvalue weighted by atomic mass is 35.5. The number of nitrogens with one attached hydrogen (secondary N) is 2. The summed E-state index contributed by atoms with van der Waals surface area (Å²) in [4.78, 5) is 42.8. The van der Waals surface area contributed by atoms with Gasteiger partial charge in [0.25, 0.3) is 11.8 Å². The summed E-state index contributed by atoms with van der Waals surface area (Å²) in [5.41, 5.74) is 0.747. The molecule has 2 N–H and O–H groups in total. The first-order chi connectivity index (χ1) is 12.3. The van der Waals surface area contributed by atoms with E-state index in [0.717, 1.165) is 5.56 Å². The molecule has 0 saturated carbocycles. The highest BCUT2D eigenvalue weighted by molar-refractivity contribution is 6.32. The number of hydrogen-bond acceptors (Lipinski definition) is 4. The summed E-state index contributed by atoms with van der Waals surface area (Å²) >= 11 is 11.9. The number of urea groups is 1. The lowest BCUT2D eigenvalue weighted by atomic mass is 9.90. The SMILES string of the molecule is Cc1ccc2c(c1)C1(NC(=O)NC1=O)C(=O)N2Cc1cc(Cl)nc(Cl)c1. The third-order valence-electron chi connectivity index (χ3n) is 4.44. The monoisotopic (exact) mass is 390 g/mol. The zero-order valence-electron chi connectivity index (χ0n) is 13.5. The van der Waals surface area contributed by atoms with Gasteiger partial charge in [-0.3, -0.25) is 14.9 Å². The smallest absolute Gasteiger partial charge is 0.312 e. The Morgan fingerprint density at radius 3 is 2.42 bits per heavy atom. The number of benzene rings is 1. The van der Waals surface area contributed by atoms with E-state index in [9.17, 15) is 14.4 Å². The molecule has 0 aliphatic carbocycles. The first kappa shape index (κ1) is 16.8. The maximum atomic E-state index is 13.2. The molecule has 1 fully saturated rings. The minimum Gasteiger partial charge on any atom is -0.312 e. The fraction of sp³-hybridized carbons (Fsp3) is 0.176. The number of pyridine rings is 1. The number of amides is 4. The van der Waals surface area contributed by atoms with Crippen LogP contribution in [0.4, 0.5) is 10.5 Å². The van der Waals surface area contributed by atoms with Crippen LogP contribution in [0.2, 0.25) is 10.3 Å². The molecule has 7 nitrogen and oxygen atoms in total. The standard InChI is InChI=1S/C17H12Cl2N4O3/c1-8-2-3-11-10(4-8)17(14(24)21-16(26)22-17)15(25)23(11)7-9-5-12(18)20-13(19)6-9/h2-6H,7H2,1H3,(H2,21,22,24,26). The summed E-state index contributed by atoms with van der Waals surface area (Å²) in [6.07, 6.45) is 0. The average Bonchev–Trinajstić information content (AvgIpc) is 2.96. The lowest BCUT2D eigenvalue weighted by molar-refractivity contribution is -0.134. The maximum Gasteiger partial charge on any atom is 0.323 e. The first-order valence-electron chi connectivity index (χ1n) is 7.70. The van der Waals surface area contributed by atoms with Crippen molar-refractivity contribution in [1.29, 1.82) is 0 Å². The molecule has 0 radical (unpaired) electrons. The number of aromatic nitrogens is 1. The summed E-state index contributed by atoms with van der Waals surface area (Å²) in [7, 11) is 0. The molecule has 4 rings (SSSR count). The number of anilines is 1. The van der Waals surface area contributed by atoms with Gasteiger partial charge in [0.05, 0.1) is 12.2 Å². The molecule has 3 heterocycles. The average molecular weight is 391 g/mol. The van der Waals surface area contributed by atoms with Crippen LogP contribution in [0.3, 0.4) is 0 Å². The highest BCUT2D eigenvalue weighted by Gasteiger charge is 2.61. The first-order valence-corrected chi connectivity index (χ1v) is 8.45. The van der Waals surface area contributed by atoms with Gasteiger partial charge in [0.2, 0.25) is 5.54 Å². The molecule has 9 heteroatoms. The Labute approximate surface area is 158 Å². The van der Waals surface area contributed by atoms with Crippen LogP contribution in [0, 0.1) is 6.92 Å². The van der Waals surface area contributed by atoms with Gasteiger partial charge >= 0.3 is 6.03 Å². The number of halogens is 2. The second kappa shape index (κ2) is 5.69. The number of carbonyl (C=O) groups is 3. The Kier molecular flexibility index (Phi) is 3.68. The topological polar surface area (TPSA) is 91.4 Å². The molecule has 26 heavy (non-hydrogen) atoms. The van der Waals surface area contributed by atoms with Gasteiger partial charge in [-0.2, -0.15) is 0 Å². The molecular weight excluding hydrogens is 379 g/mol. The van der Waals surface area contributed by atoms with Crippen molar-refractivity contribution in [1.82, 2.24) is 15.6 Å². The summed E-state index contributed by atoms with van der Waals surface area (Å²) in [6.45, 7) is 1.97. The molecule has 1 atom stereocenters. The number of nitrogens with zero attached hydrogens (tertiary/aromatic N) is 2. The summed E-state index contributed by atoms with van der Waals surface area (Å²) < 4.78 is 0. The van der Waals surface area contributed by atoms with Gasteiger partial charge in [-0.1, -0.05) is 40.9 Å². The van der Waals surface area contributed by atoms with Crippen molar-refractivity contribution in [2.75, 3.05) is 4.90 Å². The van der Waals surface area contributed by atoms with Crippen molar-refractivity contribution in [2.24, 2.45) is 0 Å². The van der Waals surface area contributed by atoms with Crippen molar-refractivity contribution in [3.05, 3.63) is 57.3 Å². The van der Waals surface area contributed by atoms with Crippen LogP contribution in [-0.4, -0.2) is 22.8 Å². The zero-order chi connectivity index (χ0) is 18.6. The highest BCUT2D eigenvalue weighted by Crippen LogP contribution is 2.43. The fourth-order valence-corrected chi connectivity index (χ4v) is 3.86. The summed E-state index contributed by atoms with van der Waals surface area (Å²) in [6, 6.07) is 7.79. The minimum absolute atomic E-state index is 0.127. The summed E-state index contributed by atoms with van der Waals surface area (Å²) in [5.74, 6) is -1.22. The lowest BCUT2D eigenvalue weighted by Crippen LogP contribution is -2.52. The molecule has 132 valence electrons. The van der Waals surface area contributed by atoms with E-state index >= 15 is 0 Å². The molecule has 1 aromatic heterocycles.